The van der Waals surface area contributed by atoms with Crippen molar-refractivity contribution in [2.75, 3.05) is 20.6 Å². The number of rotatable bonds is 5. The van der Waals surface area contributed by atoms with Gasteiger partial charge in [-0.05, 0) is 40.3 Å². The summed E-state index contributed by atoms with van der Waals surface area (Å²) in [5.74, 6) is 0.947. The van der Waals surface area contributed by atoms with Crippen LogP contribution in [0.3, 0.4) is 0 Å². The molecule has 0 unspecified atom stereocenters. The molecule has 1 N–H and O–H groups in total. The van der Waals surface area contributed by atoms with E-state index in [2.05, 4.69) is 56.6 Å². The van der Waals surface area contributed by atoms with Gasteiger partial charge in [-0.2, -0.15) is 11.3 Å². The number of halogens is 1. The number of thiophene rings is 2. The Morgan fingerprint density at radius 3 is 2.80 bits per heavy atom. The molecular formula is C14H20IN3S2. The molecule has 0 bridgehead atoms. The molecule has 2 aromatic rings. The molecule has 3 nitrogen and oxygen atoms in total. The number of likely N-dealkylation sites (N-methyl/N-ethyl adjacent to an activating group) is 1. The van der Waals surface area contributed by atoms with Gasteiger partial charge in [-0.1, -0.05) is 6.07 Å². The largest absolute Gasteiger partial charge is 0.352 e. The molecule has 0 amide bonds. The van der Waals surface area contributed by atoms with Crippen LogP contribution in [0.2, 0.25) is 0 Å². The van der Waals surface area contributed by atoms with Crippen molar-refractivity contribution in [1.82, 2.24) is 10.2 Å². The molecule has 0 aromatic carbocycles. The SMILES string of the molecule is CN=C(NCc1ccsc1)N(C)CCc1cccs1.I. The van der Waals surface area contributed by atoms with E-state index < -0.39 is 0 Å². The second-order valence-corrected chi connectivity index (χ2v) is 6.10. The molecule has 0 spiro atoms. The van der Waals surface area contributed by atoms with E-state index in [0.29, 0.717) is 0 Å². The van der Waals surface area contributed by atoms with E-state index in [-0.39, 0.29) is 24.0 Å². The van der Waals surface area contributed by atoms with Gasteiger partial charge in [0, 0.05) is 32.1 Å². The number of hydrogen-bond donors (Lipinski definition) is 1. The molecule has 20 heavy (non-hydrogen) atoms. The smallest absolute Gasteiger partial charge is 0.193 e. The summed E-state index contributed by atoms with van der Waals surface area (Å²) < 4.78 is 0. The van der Waals surface area contributed by atoms with E-state index in [4.69, 9.17) is 0 Å². The number of nitrogens with zero attached hydrogens (tertiary/aromatic N) is 2. The van der Waals surface area contributed by atoms with Crippen LogP contribution >= 0.6 is 46.7 Å². The normalized spacial score (nSPS) is 11.0. The summed E-state index contributed by atoms with van der Waals surface area (Å²) in [6.07, 6.45) is 1.06. The second-order valence-electron chi connectivity index (χ2n) is 4.28. The van der Waals surface area contributed by atoms with Crippen LogP contribution < -0.4 is 5.32 Å². The summed E-state index contributed by atoms with van der Waals surface area (Å²) in [5, 5.41) is 9.77. The Hall–Kier alpha value is -0.600. The molecule has 0 atom stereocenters. The summed E-state index contributed by atoms with van der Waals surface area (Å²) in [5.41, 5.74) is 1.30. The van der Waals surface area contributed by atoms with Gasteiger partial charge in [0.2, 0.25) is 0 Å². The summed E-state index contributed by atoms with van der Waals surface area (Å²) in [7, 11) is 3.91. The van der Waals surface area contributed by atoms with E-state index in [1.165, 1.54) is 10.4 Å². The zero-order valence-corrected chi connectivity index (χ0v) is 15.7. The number of hydrogen-bond acceptors (Lipinski definition) is 3. The predicted molar refractivity (Wildman–Crippen MR) is 101 cm³/mol. The van der Waals surface area contributed by atoms with Gasteiger partial charge in [0.05, 0.1) is 0 Å². The minimum absolute atomic E-state index is 0. The Bertz CT molecular complexity index is 494. The van der Waals surface area contributed by atoms with Crippen LogP contribution in [0.1, 0.15) is 10.4 Å². The average molecular weight is 421 g/mol. The molecule has 0 radical (unpaired) electrons. The summed E-state index contributed by atoms with van der Waals surface area (Å²) >= 11 is 3.53. The molecule has 0 fully saturated rings. The molecule has 6 heteroatoms. The van der Waals surface area contributed by atoms with E-state index in [1.54, 1.807) is 11.3 Å². The van der Waals surface area contributed by atoms with Crippen molar-refractivity contribution >= 4 is 52.6 Å². The molecule has 0 saturated carbocycles. The summed E-state index contributed by atoms with van der Waals surface area (Å²) in [6.45, 7) is 1.81. The van der Waals surface area contributed by atoms with E-state index in [1.807, 2.05) is 18.4 Å². The van der Waals surface area contributed by atoms with Gasteiger partial charge >= 0.3 is 0 Å². The van der Waals surface area contributed by atoms with Crippen LogP contribution in [-0.2, 0) is 13.0 Å². The maximum atomic E-state index is 4.33. The monoisotopic (exact) mass is 421 g/mol. The standard InChI is InChI=1S/C14H19N3S2.HI/c1-15-14(16-10-12-6-9-18-11-12)17(2)7-5-13-4-3-8-19-13;/h3-4,6,8-9,11H,5,7,10H2,1-2H3,(H,15,16);1H. The molecule has 0 aliphatic carbocycles. The molecular weight excluding hydrogens is 401 g/mol. The highest BCUT2D eigenvalue weighted by molar-refractivity contribution is 14.0. The van der Waals surface area contributed by atoms with Crippen LogP contribution in [0.4, 0.5) is 0 Å². The van der Waals surface area contributed by atoms with Crippen LogP contribution in [0.15, 0.2) is 39.3 Å². The Morgan fingerprint density at radius 2 is 2.20 bits per heavy atom. The quantitative estimate of drug-likeness (QED) is 0.453. The van der Waals surface area contributed by atoms with Crippen LogP contribution in [0, 0.1) is 0 Å². The zero-order chi connectivity index (χ0) is 13.5. The maximum absolute atomic E-state index is 4.33. The summed E-state index contributed by atoms with van der Waals surface area (Å²) in [6, 6.07) is 6.42. The Morgan fingerprint density at radius 1 is 1.35 bits per heavy atom. The topological polar surface area (TPSA) is 27.6 Å². The van der Waals surface area contributed by atoms with Crippen molar-refractivity contribution in [3.8, 4) is 0 Å². The lowest BCUT2D eigenvalue weighted by Gasteiger charge is -2.21. The second kappa shape index (κ2) is 9.36. The predicted octanol–water partition coefficient (Wildman–Crippen LogP) is 3.68. The Labute approximate surface area is 145 Å². The van der Waals surface area contributed by atoms with Crippen LogP contribution in [0.5, 0.6) is 0 Å². The lowest BCUT2D eigenvalue weighted by molar-refractivity contribution is 0.486. The highest BCUT2D eigenvalue weighted by atomic mass is 127. The van der Waals surface area contributed by atoms with Crippen LogP contribution in [-0.4, -0.2) is 31.5 Å². The Balaban J connectivity index is 0.00000200. The third-order valence-corrected chi connectivity index (χ3v) is 4.55. The fourth-order valence-electron chi connectivity index (χ4n) is 1.80. The third-order valence-electron chi connectivity index (χ3n) is 2.88. The van der Waals surface area contributed by atoms with Crippen molar-refractivity contribution in [3.63, 3.8) is 0 Å². The number of guanidine groups is 1. The minimum atomic E-state index is 0. The van der Waals surface area contributed by atoms with Gasteiger partial charge in [0.1, 0.15) is 0 Å². The first-order chi connectivity index (χ1) is 9.29. The van der Waals surface area contributed by atoms with E-state index in [9.17, 15) is 0 Å². The van der Waals surface area contributed by atoms with Crippen molar-refractivity contribution in [1.29, 1.82) is 0 Å². The third kappa shape index (κ3) is 5.41. The molecule has 2 rings (SSSR count). The van der Waals surface area contributed by atoms with Crippen molar-refractivity contribution in [2.45, 2.75) is 13.0 Å². The summed E-state index contributed by atoms with van der Waals surface area (Å²) in [4.78, 5) is 7.92. The van der Waals surface area contributed by atoms with Gasteiger partial charge in [0.15, 0.2) is 5.96 Å². The fourth-order valence-corrected chi connectivity index (χ4v) is 3.16. The zero-order valence-electron chi connectivity index (χ0n) is 11.7. The van der Waals surface area contributed by atoms with Crippen molar-refractivity contribution < 1.29 is 0 Å². The average Bonchev–Trinajstić information content (AvgIpc) is 3.10. The van der Waals surface area contributed by atoms with E-state index >= 15 is 0 Å². The van der Waals surface area contributed by atoms with Gasteiger partial charge in [-0.3, -0.25) is 4.99 Å². The minimum Gasteiger partial charge on any atom is -0.352 e. The number of nitrogens with one attached hydrogen (secondary N) is 1. The molecule has 2 heterocycles. The Kier molecular flexibility index (Phi) is 8.16. The first kappa shape index (κ1) is 17.5. The van der Waals surface area contributed by atoms with Crippen molar-refractivity contribution in [3.05, 3.63) is 44.8 Å². The van der Waals surface area contributed by atoms with Gasteiger partial charge in [-0.15, -0.1) is 35.3 Å². The molecule has 0 aliphatic rings. The number of aliphatic imine (C=N–C) groups is 1. The lowest BCUT2D eigenvalue weighted by atomic mass is 10.3. The molecule has 110 valence electrons. The highest BCUT2D eigenvalue weighted by Crippen LogP contribution is 2.09. The molecule has 0 saturated heterocycles. The fraction of sp³-hybridized carbons (Fsp3) is 0.357. The van der Waals surface area contributed by atoms with E-state index in [0.717, 1.165) is 25.5 Å². The van der Waals surface area contributed by atoms with Gasteiger partial charge < -0.3 is 10.2 Å². The highest BCUT2D eigenvalue weighted by Gasteiger charge is 2.06. The maximum Gasteiger partial charge on any atom is 0.193 e. The van der Waals surface area contributed by atoms with Crippen LogP contribution in [0.25, 0.3) is 0 Å². The van der Waals surface area contributed by atoms with Gasteiger partial charge in [-0.25, -0.2) is 0 Å². The van der Waals surface area contributed by atoms with Gasteiger partial charge in [0.25, 0.3) is 0 Å². The first-order valence-electron chi connectivity index (χ1n) is 6.25. The molecule has 0 aliphatic heterocycles. The van der Waals surface area contributed by atoms with Crippen molar-refractivity contribution in [2.24, 2.45) is 4.99 Å². The first-order valence-corrected chi connectivity index (χ1v) is 8.07. The lowest BCUT2D eigenvalue weighted by Crippen LogP contribution is -2.39. The molecule has 2 aromatic heterocycles.